The first kappa shape index (κ1) is 15.4. The van der Waals surface area contributed by atoms with E-state index in [0.29, 0.717) is 22.9 Å². The highest BCUT2D eigenvalue weighted by Gasteiger charge is 2.43. The molecule has 1 aliphatic heterocycles. The van der Waals surface area contributed by atoms with E-state index in [-0.39, 0.29) is 5.91 Å². The summed E-state index contributed by atoms with van der Waals surface area (Å²) in [5.74, 6) is 0.241. The number of carbonyl (C=O) groups excluding carboxylic acids is 2. The molecule has 1 atom stereocenters. The lowest BCUT2D eigenvalue weighted by atomic mass is 9.92. The lowest BCUT2D eigenvalue weighted by Gasteiger charge is -2.21. The molecule has 1 heterocycles. The van der Waals surface area contributed by atoms with Crippen LogP contribution in [0.5, 0.6) is 5.75 Å². The third kappa shape index (κ3) is 3.14. The molecule has 23 heavy (non-hydrogen) atoms. The molecule has 6 heteroatoms. The quantitative estimate of drug-likeness (QED) is 0.847. The number of hydrogen-bond acceptors (Lipinski definition) is 3. The van der Waals surface area contributed by atoms with Crippen LogP contribution in [-0.4, -0.2) is 11.9 Å². The number of hydrogen-bond donors (Lipinski definition) is 2. The minimum absolute atomic E-state index is 0.377. The fourth-order valence-electron chi connectivity index (χ4n) is 2.39. The third-order valence-electron chi connectivity index (χ3n) is 3.77. The molecule has 1 aliphatic rings. The Hall–Kier alpha value is -2.53. The minimum atomic E-state index is -1.09. The fraction of sp³-hybridized carbons (Fsp3) is 0.176. The van der Waals surface area contributed by atoms with Crippen molar-refractivity contribution in [3.8, 4) is 5.75 Å². The third-order valence-corrected chi connectivity index (χ3v) is 4.03. The largest absolute Gasteiger partial charge is 0.489 e. The number of carbonyl (C=O) groups is 2. The number of urea groups is 1. The Kier molecular flexibility index (Phi) is 3.96. The lowest BCUT2D eigenvalue weighted by Crippen LogP contribution is -2.40. The summed E-state index contributed by atoms with van der Waals surface area (Å²) in [6, 6.07) is 14.0. The van der Waals surface area contributed by atoms with Crippen molar-refractivity contribution in [2.24, 2.45) is 0 Å². The van der Waals surface area contributed by atoms with Gasteiger partial charge in [0.15, 0.2) is 0 Å². The van der Waals surface area contributed by atoms with Gasteiger partial charge in [-0.05, 0) is 42.3 Å². The molecule has 0 spiro atoms. The first-order valence-electron chi connectivity index (χ1n) is 7.09. The zero-order valence-electron chi connectivity index (χ0n) is 12.4. The predicted octanol–water partition coefficient (Wildman–Crippen LogP) is 2.97. The molecule has 0 radical (unpaired) electrons. The predicted molar refractivity (Wildman–Crippen MR) is 86.3 cm³/mol. The van der Waals surface area contributed by atoms with E-state index in [1.807, 2.05) is 12.1 Å². The van der Waals surface area contributed by atoms with Crippen LogP contribution in [0.4, 0.5) is 4.79 Å². The molecule has 2 aromatic carbocycles. The van der Waals surface area contributed by atoms with Crippen LogP contribution in [0.25, 0.3) is 0 Å². The van der Waals surface area contributed by atoms with Gasteiger partial charge in [-0.3, -0.25) is 10.1 Å². The number of imide groups is 1. The average molecular weight is 331 g/mol. The highest BCUT2D eigenvalue weighted by molar-refractivity contribution is 6.30. The van der Waals surface area contributed by atoms with E-state index >= 15 is 0 Å². The van der Waals surface area contributed by atoms with Gasteiger partial charge in [0.05, 0.1) is 0 Å². The van der Waals surface area contributed by atoms with Gasteiger partial charge in [-0.15, -0.1) is 0 Å². The van der Waals surface area contributed by atoms with Crippen LogP contribution in [0.2, 0.25) is 5.02 Å². The van der Waals surface area contributed by atoms with E-state index in [4.69, 9.17) is 16.3 Å². The van der Waals surface area contributed by atoms with E-state index in [2.05, 4.69) is 10.6 Å². The van der Waals surface area contributed by atoms with Crippen molar-refractivity contribution in [1.29, 1.82) is 0 Å². The Bertz CT molecular complexity index is 761. The van der Waals surface area contributed by atoms with Crippen LogP contribution in [-0.2, 0) is 16.9 Å². The highest BCUT2D eigenvalue weighted by atomic mass is 35.5. The standard InChI is InChI=1S/C17H15ClN2O3/c1-17(15(21)19-16(22)20-17)12-3-2-4-14(9-12)23-10-11-5-7-13(18)8-6-11/h2-9H,10H2,1H3,(H2,19,20,21,22)/t17-/m1/s1. The molecule has 0 saturated carbocycles. The molecule has 0 bridgehead atoms. The second kappa shape index (κ2) is 5.93. The van der Waals surface area contributed by atoms with Crippen molar-refractivity contribution in [2.45, 2.75) is 19.1 Å². The van der Waals surface area contributed by atoms with Gasteiger partial charge in [-0.25, -0.2) is 4.79 Å². The molecule has 2 aromatic rings. The lowest BCUT2D eigenvalue weighted by molar-refractivity contribution is -0.123. The second-order valence-electron chi connectivity index (χ2n) is 5.48. The van der Waals surface area contributed by atoms with Gasteiger partial charge < -0.3 is 10.1 Å². The maximum absolute atomic E-state index is 12.0. The molecular formula is C17H15ClN2O3. The van der Waals surface area contributed by atoms with E-state index in [0.717, 1.165) is 5.56 Å². The van der Waals surface area contributed by atoms with Crippen molar-refractivity contribution in [3.05, 3.63) is 64.7 Å². The maximum atomic E-state index is 12.0. The summed E-state index contributed by atoms with van der Waals surface area (Å²) < 4.78 is 5.75. The van der Waals surface area contributed by atoms with Crippen molar-refractivity contribution < 1.29 is 14.3 Å². The van der Waals surface area contributed by atoms with Gasteiger partial charge in [0.25, 0.3) is 5.91 Å². The molecule has 3 amide bonds. The number of nitrogens with one attached hydrogen (secondary N) is 2. The van der Waals surface area contributed by atoms with Gasteiger partial charge in [0.1, 0.15) is 17.9 Å². The second-order valence-corrected chi connectivity index (χ2v) is 5.91. The molecule has 118 valence electrons. The van der Waals surface area contributed by atoms with Crippen LogP contribution in [0.15, 0.2) is 48.5 Å². The molecule has 5 nitrogen and oxygen atoms in total. The van der Waals surface area contributed by atoms with Crippen LogP contribution in [0, 0.1) is 0 Å². The summed E-state index contributed by atoms with van der Waals surface area (Å²) >= 11 is 5.85. The van der Waals surface area contributed by atoms with Gasteiger partial charge >= 0.3 is 6.03 Å². The van der Waals surface area contributed by atoms with E-state index in [1.165, 1.54) is 0 Å². The zero-order chi connectivity index (χ0) is 16.4. The van der Waals surface area contributed by atoms with Crippen LogP contribution >= 0.6 is 11.6 Å². The van der Waals surface area contributed by atoms with Gasteiger partial charge in [0.2, 0.25) is 0 Å². The summed E-state index contributed by atoms with van der Waals surface area (Å²) in [6.45, 7) is 2.04. The molecule has 0 unspecified atom stereocenters. The fourth-order valence-corrected chi connectivity index (χ4v) is 2.52. The number of halogens is 1. The zero-order valence-corrected chi connectivity index (χ0v) is 13.2. The summed E-state index contributed by atoms with van der Waals surface area (Å²) in [4.78, 5) is 23.4. The number of amides is 3. The van der Waals surface area contributed by atoms with Crippen molar-refractivity contribution >= 4 is 23.5 Å². The molecule has 2 N–H and O–H groups in total. The first-order chi connectivity index (χ1) is 11.0. The van der Waals surface area contributed by atoms with Crippen LogP contribution < -0.4 is 15.4 Å². The van der Waals surface area contributed by atoms with Crippen molar-refractivity contribution in [3.63, 3.8) is 0 Å². The monoisotopic (exact) mass is 330 g/mol. The van der Waals surface area contributed by atoms with Gasteiger partial charge in [0, 0.05) is 5.02 Å². The number of benzene rings is 2. The normalized spacial score (nSPS) is 20.1. The Morgan fingerprint density at radius 3 is 2.52 bits per heavy atom. The smallest absolute Gasteiger partial charge is 0.322 e. The van der Waals surface area contributed by atoms with E-state index in [1.54, 1.807) is 43.3 Å². The van der Waals surface area contributed by atoms with E-state index in [9.17, 15) is 9.59 Å². The first-order valence-corrected chi connectivity index (χ1v) is 7.46. The number of rotatable bonds is 4. The topological polar surface area (TPSA) is 67.4 Å². The molecule has 0 aliphatic carbocycles. The summed E-state index contributed by atoms with van der Waals surface area (Å²) in [5, 5.41) is 5.55. The van der Waals surface area contributed by atoms with E-state index < -0.39 is 11.6 Å². The highest BCUT2D eigenvalue weighted by Crippen LogP contribution is 2.27. The molecule has 1 saturated heterocycles. The average Bonchev–Trinajstić information content (AvgIpc) is 2.81. The molecule has 1 fully saturated rings. The van der Waals surface area contributed by atoms with Crippen molar-refractivity contribution in [1.82, 2.24) is 10.6 Å². The SMILES string of the molecule is C[C@]1(c2cccc(OCc3ccc(Cl)cc3)c2)NC(=O)NC1=O. The minimum Gasteiger partial charge on any atom is -0.489 e. The summed E-state index contributed by atoms with van der Waals surface area (Å²) in [7, 11) is 0. The van der Waals surface area contributed by atoms with Gasteiger partial charge in [-0.2, -0.15) is 0 Å². The van der Waals surface area contributed by atoms with Crippen LogP contribution in [0.1, 0.15) is 18.1 Å². The Labute approximate surface area is 138 Å². The molecule has 0 aromatic heterocycles. The molecular weight excluding hydrogens is 316 g/mol. The Balaban J connectivity index is 1.76. The van der Waals surface area contributed by atoms with Crippen molar-refractivity contribution in [2.75, 3.05) is 0 Å². The maximum Gasteiger partial charge on any atom is 0.322 e. The Morgan fingerprint density at radius 1 is 1.13 bits per heavy atom. The molecule has 3 rings (SSSR count). The summed E-state index contributed by atoms with van der Waals surface area (Å²) in [6.07, 6.45) is 0. The van der Waals surface area contributed by atoms with Crippen LogP contribution in [0.3, 0.4) is 0 Å². The number of ether oxygens (including phenoxy) is 1. The Morgan fingerprint density at radius 2 is 1.87 bits per heavy atom. The van der Waals surface area contributed by atoms with Gasteiger partial charge in [-0.1, -0.05) is 35.9 Å². The summed E-state index contributed by atoms with van der Waals surface area (Å²) in [5.41, 5.74) is 0.559.